The van der Waals surface area contributed by atoms with Crippen LogP contribution in [0, 0.1) is 12.8 Å². The molecule has 0 radical (unpaired) electrons. The van der Waals surface area contributed by atoms with Crippen LogP contribution in [0.2, 0.25) is 5.02 Å². The molecular weight excluding hydrogens is 274 g/mol. The average Bonchev–Trinajstić information content (AvgIpc) is 2.82. The Bertz CT molecular complexity index is 531. The van der Waals surface area contributed by atoms with Gasteiger partial charge in [0.1, 0.15) is 0 Å². The number of benzene rings is 1. The van der Waals surface area contributed by atoms with E-state index in [1.54, 1.807) is 0 Å². The number of esters is 1. The highest BCUT2D eigenvalue weighted by Gasteiger charge is 2.46. The third-order valence-electron chi connectivity index (χ3n) is 4.76. The summed E-state index contributed by atoms with van der Waals surface area (Å²) in [6.45, 7) is 2.01. The maximum absolute atomic E-state index is 12.2. The monoisotopic (exact) mass is 293 g/mol. The van der Waals surface area contributed by atoms with Crippen LogP contribution in [0.1, 0.15) is 36.3 Å². The highest BCUT2D eigenvalue weighted by Crippen LogP contribution is 2.42. The SMILES string of the molecule is COC(=O)[C@@H]1C2CC[C@H](CC1c1ccc(Cl)c(C)c1)N2. The maximum Gasteiger partial charge on any atom is 0.310 e. The Labute approximate surface area is 124 Å². The number of aryl methyl sites for hydroxylation is 1. The van der Waals surface area contributed by atoms with Crippen LogP contribution in [0.5, 0.6) is 0 Å². The Morgan fingerprint density at radius 2 is 2.20 bits per heavy atom. The molecule has 4 heteroatoms. The summed E-state index contributed by atoms with van der Waals surface area (Å²) in [6.07, 6.45) is 3.21. The fraction of sp³-hybridized carbons (Fsp3) is 0.562. The van der Waals surface area contributed by atoms with Crippen LogP contribution >= 0.6 is 11.6 Å². The van der Waals surface area contributed by atoms with Gasteiger partial charge in [-0.05, 0) is 43.4 Å². The number of rotatable bonds is 2. The van der Waals surface area contributed by atoms with E-state index in [9.17, 15) is 4.79 Å². The highest BCUT2D eigenvalue weighted by atomic mass is 35.5. The van der Waals surface area contributed by atoms with Crippen molar-refractivity contribution in [1.82, 2.24) is 5.32 Å². The second kappa shape index (κ2) is 5.38. The van der Waals surface area contributed by atoms with Crippen LogP contribution in [-0.4, -0.2) is 25.2 Å². The van der Waals surface area contributed by atoms with Crippen LogP contribution in [0.4, 0.5) is 0 Å². The lowest BCUT2D eigenvalue weighted by Gasteiger charge is -2.36. The summed E-state index contributed by atoms with van der Waals surface area (Å²) >= 11 is 6.11. The van der Waals surface area contributed by atoms with E-state index in [4.69, 9.17) is 16.3 Å². The van der Waals surface area contributed by atoms with Gasteiger partial charge in [0.25, 0.3) is 0 Å². The number of hydrogen-bond donors (Lipinski definition) is 1. The number of piperidine rings is 1. The number of methoxy groups -OCH3 is 1. The molecule has 20 heavy (non-hydrogen) atoms. The number of carbonyl (C=O) groups excluding carboxylic acids is 1. The average molecular weight is 294 g/mol. The summed E-state index contributed by atoms with van der Waals surface area (Å²) in [4.78, 5) is 12.2. The van der Waals surface area contributed by atoms with Crippen molar-refractivity contribution < 1.29 is 9.53 Å². The molecule has 4 atom stereocenters. The summed E-state index contributed by atoms with van der Waals surface area (Å²) < 4.78 is 5.04. The molecule has 2 bridgehead atoms. The maximum atomic E-state index is 12.2. The van der Waals surface area contributed by atoms with Crippen LogP contribution in [-0.2, 0) is 9.53 Å². The van der Waals surface area contributed by atoms with Crippen molar-refractivity contribution in [1.29, 1.82) is 0 Å². The van der Waals surface area contributed by atoms with E-state index < -0.39 is 0 Å². The van der Waals surface area contributed by atoms with Gasteiger partial charge in [0.05, 0.1) is 13.0 Å². The molecule has 0 aromatic heterocycles. The minimum Gasteiger partial charge on any atom is -0.469 e. The van der Waals surface area contributed by atoms with Gasteiger partial charge in [-0.1, -0.05) is 23.7 Å². The first kappa shape index (κ1) is 13.9. The normalized spacial score (nSPS) is 32.1. The van der Waals surface area contributed by atoms with Crippen molar-refractivity contribution in [2.24, 2.45) is 5.92 Å². The number of ether oxygens (including phenoxy) is 1. The zero-order valence-corrected chi connectivity index (χ0v) is 12.6. The fourth-order valence-corrected chi connectivity index (χ4v) is 3.88. The van der Waals surface area contributed by atoms with E-state index in [1.165, 1.54) is 12.7 Å². The van der Waals surface area contributed by atoms with Crippen molar-refractivity contribution in [3.8, 4) is 0 Å². The Hall–Kier alpha value is -1.06. The van der Waals surface area contributed by atoms with Crippen molar-refractivity contribution in [3.63, 3.8) is 0 Å². The largest absolute Gasteiger partial charge is 0.469 e. The zero-order chi connectivity index (χ0) is 14.3. The Kier molecular flexibility index (Phi) is 3.74. The topological polar surface area (TPSA) is 38.3 Å². The summed E-state index contributed by atoms with van der Waals surface area (Å²) in [7, 11) is 1.48. The molecule has 3 rings (SSSR count). The first-order valence-corrected chi connectivity index (χ1v) is 7.58. The van der Waals surface area contributed by atoms with Gasteiger partial charge >= 0.3 is 5.97 Å². The molecule has 2 heterocycles. The first-order valence-electron chi connectivity index (χ1n) is 7.20. The molecule has 108 valence electrons. The summed E-state index contributed by atoms with van der Waals surface area (Å²) in [5, 5.41) is 4.33. The van der Waals surface area contributed by atoms with E-state index in [2.05, 4.69) is 17.4 Å². The van der Waals surface area contributed by atoms with Gasteiger partial charge in [-0.15, -0.1) is 0 Å². The van der Waals surface area contributed by atoms with Gasteiger partial charge in [-0.3, -0.25) is 4.79 Å². The number of nitrogens with one attached hydrogen (secondary N) is 1. The van der Waals surface area contributed by atoms with Crippen LogP contribution in [0.3, 0.4) is 0 Å². The Morgan fingerprint density at radius 1 is 1.40 bits per heavy atom. The highest BCUT2D eigenvalue weighted by molar-refractivity contribution is 6.31. The number of halogens is 1. The molecule has 2 aliphatic heterocycles. The smallest absolute Gasteiger partial charge is 0.310 e. The lowest BCUT2D eigenvalue weighted by Crippen LogP contribution is -2.48. The molecule has 3 nitrogen and oxygen atoms in total. The van der Waals surface area contributed by atoms with Crippen LogP contribution < -0.4 is 5.32 Å². The van der Waals surface area contributed by atoms with E-state index in [0.29, 0.717) is 6.04 Å². The van der Waals surface area contributed by atoms with E-state index in [-0.39, 0.29) is 23.8 Å². The third-order valence-corrected chi connectivity index (χ3v) is 5.19. The number of fused-ring (bicyclic) bond motifs is 2. The first-order chi connectivity index (χ1) is 9.60. The predicted molar refractivity (Wildman–Crippen MR) is 79.0 cm³/mol. The standard InChI is InChI=1S/C16H20ClNO2/c1-9-7-10(3-5-13(9)17)12-8-11-4-6-14(18-11)15(12)16(19)20-2/h3,5,7,11-12,14-15,18H,4,6,8H2,1-2H3/t11-,12?,14?,15+/m1/s1. The third kappa shape index (κ3) is 2.33. The lowest BCUT2D eigenvalue weighted by molar-refractivity contribution is -0.148. The van der Waals surface area contributed by atoms with Crippen molar-refractivity contribution in [2.45, 2.75) is 44.2 Å². The predicted octanol–water partition coefficient (Wildman–Crippen LogP) is 3.05. The second-order valence-electron chi connectivity index (χ2n) is 5.95. The molecule has 0 spiro atoms. The van der Waals surface area contributed by atoms with Crippen molar-refractivity contribution in [3.05, 3.63) is 34.3 Å². The zero-order valence-electron chi connectivity index (χ0n) is 11.9. The van der Waals surface area contributed by atoms with E-state index in [0.717, 1.165) is 29.8 Å². The van der Waals surface area contributed by atoms with Gasteiger partial charge in [-0.2, -0.15) is 0 Å². The van der Waals surface area contributed by atoms with Gasteiger partial charge in [-0.25, -0.2) is 0 Å². The summed E-state index contributed by atoms with van der Waals surface area (Å²) in [6, 6.07) is 6.89. The number of carbonyl (C=O) groups is 1. The molecule has 0 aliphatic carbocycles. The van der Waals surface area contributed by atoms with Gasteiger partial charge in [0.2, 0.25) is 0 Å². The molecule has 2 unspecified atom stereocenters. The molecule has 2 saturated heterocycles. The molecule has 1 N–H and O–H groups in total. The van der Waals surface area contributed by atoms with Crippen molar-refractivity contribution in [2.75, 3.05) is 7.11 Å². The van der Waals surface area contributed by atoms with Crippen LogP contribution in [0.25, 0.3) is 0 Å². The molecule has 0 amide bonds. The second-order valence-corrected chi connectivity index (χ2v) is 6.35. The number of hydrogen-bond acceptors (Lipinski definition) is 3. The molecule has 1 aromatic rings. The molecule has 2 aliphatic rings. The van der Waals surface area contributed by atoms with Gasteiger partial charge < -0.3 is 10.1 Å². The molecular formula is C16H20ClNO2. The quantitative estimate of drug-likeness (QED) is 0.852. The van der Waals surface area contributed by atoms with E-state index >= 15 is 0 Å². The Morgan fingerprint density at radius 3 is 2.90 bits per heavy atom. The summed E-state index contributed by atoms with van der Waals surface area (Å²) in [5.41, 5.74) is 2.28. The minimum atomic E-state index is -0.0968. The summed E-state index contributed by atoms with van der Waals surface area (Å²) in [5.74, 6) is 0.0527. The minimum absolute atomic E-state index is 0.0840. The molecule has 0 saturated carbocycles. The van der Waals surface area contributed by atoms with E-state index in [1.807, 2.05) is 13.0 Å². The molecule has 2 fully saturated rings. The molecule has 1 aromatic carbocycles. The van der Waals surface area contributed by atoms with Gasteiger partial charge in [0, 0.05) is 23.0 Å². The lowest BCUT2D eigenvalue weighted by atomic mass is 9.76. The van der Waals surface area contributed by atoms with Gasteiger partial charge in [0.15, 0.2) is 0 Å². The van der Waals surface area contributed by atoms with Crippen molar-refractivity contribution >= 4 is 17.6 Å². The Balaban J connectivity index is 1.96. The van der Waals surface area contributed by atoms with Crippen LogP contribution in [0.15, 0.2) is 18.2 Å². The fourth-order valence-electron chi connectivity index (χ4n) is 3.76.